The molecule has 1 aromatic carbocycles. The average Bonchev–Trinajstić information content (AvgIpc) is 2.51. The van der Waals surface area contributed by atoms with Crippen LogP contribution in [0.3, 0.4) is 0 Å². The predicted octanol–water partition coefficient (Wildman–Crippen LogP) is 3.05. The summed E-state index contributed by atoms with van der Waals surface area (Å²) < 4.78 is 15.4. The van der Waals surface area contributed by atoms with Crippen LogP contribution >= 0.6 is 0 Å². The van der Waals surface area contributed by atoms with E-state index in [0.717, 1.165) is 25.3 Å². The number of benzene rings is 1. The third kappa shape index (κ3) is 4.77. The Hall–Kier alpha value is -2.01. The summed E-state index contributed by atoms with van der Waals surface area (Å²) in [6.07, 6.45) is 2.12. The molecule has 22 heavy (non-hydrogen) atoms. The lowest BCUT2D eigenvalue weighted by Crippen LogP contribution is -2.34. The number of carbonyl (C=O) groups excluding carboxylic acids is 1. The molecule has 1 aliphatic rings. The number of ether oxygens (including phenoxy) is 3. The number of hydrogen-bond donors (Lipinski definition) is 0. The van der Waals surface area contributed by atoms with E-state index in [0.29, 0.717) is 18.9 Å². The standard InChI is InChI=1S/C17H23NO4/c1-13-6-7-15(11-14(13)2)21-10-9-18-8-4-5-16(12-18)22-17(19)20-3/h5-7,11H,4,8-10,12H2,1-3H3. The molecule has 0 aliphatic carbocycles. The Morgan fingerprint density at radius 2 is 2.09 bits per heavy atom. The van der Waals surface area contributed by atoms with Crippen molar-refractivity contribution in [1.29, 1.82) is 0 Å². The summed E-state index contributed by atoms with van der Waals surface area (Å²) in [5, 5.41) is 0. The van der Waals surface area contributed by atoms with Gasteiger partial charge in [0.1, 0.15) is 18.1 Å². The highest BCUT2D eigenvalue weighted by atomic mass is 16.7. The first kappa shape index (κ1) is 16.4. The molecule has 0 spiro atoms. The Morgan fingerprint density at radius 1 is 1.27 bits per heavy atom. The number of hydrogen-bond acceptors (Lipinski definition) is 5. The van der Waals surface area contributed by atoms with Crippen LogP contribution in [0.1, 0.15) is 17.5 Å². The van der Waals surface area contributed by atoms with Gasteiger partial charge in [-0.1, -0.05) is 6.07 Å². The van der Waals surface area contributed by atoms with Crippen LogP contribution in [-0.4, -0.2) is 44.4 Å². The SMILES string of the molecule is COC(=O)OC1=CCCN(CCOc2ccc(C)c(C)c2)C1. The molecule has 0 saturated carbocycles. The number of rotatable bonds is 5. The van der Waals surface area contributed by atoms with Crippen molar-refractivity contribution in [3.8, 4) is 5.75 Å². The van der Waals surface area contributed by atoms with Crippen molar-refractivity contribution in [3.05, 3.63) is 41.2 Å². The largest absolute Gasteiger partial charge is 0.513 e. The van der Waals surface area contributed by atoms with E-state index < -0.39 is 6.16 Å². The van der Waals surface area contributed by atoms with Crippen molar-refractivity contribution in [3.63, 3.8) is 0 Å². The van der Waals surface area contributed by atoms with Crippen LogP contribution in [0.5, 0.6) is 5.75 Å². The Balaban J connectivity index is 1.76. The van der Waals surface area contributed by atoms with E-state index in [9.17, 15) is 4.79 Å². The van der Waals surface area contributed by atoms with E-state index in [4.69, 9.17) is 9.47 Å². The molecule has 0 bridgehead atoms. The maximum atomic E-state index is 11.1. The van der Waals surface area contributed by atoms with Gasteiger partial charge in [-0.3, -0.25) is 4.90 Å². The molecule has 0 fully saturated rings. The fourth-order valence-corrected chi connectivity index (χ4v) is 2.28. The minimum Gasteiger partial charge on any atom is -0.492 e. The lowest BCUT2D eigenvalue weighted by molar-refractivity contribution is 0.0859. The Labute approximate surface area is 131 Å². The molecule has 0 atom stereocenters. The van der Waals surface area contributed by atoms with Crippen LogP contribution in [0.25, 0.3) is 0 Å². The number of nitrogens with zero attached hydrogens (tertiary/aromatic N) is 1. The first-order chi connectivity index (χ1) is 10.6. The summed E-state index contributed by atoms with van der Waals surface area (Å²) in [5.41, 5.74) is 2.49. The lowest BCUT2D eigenvalue weighted by Gasteiger charge is -2.26. The van der Waals surface area contributed by atoms with Crippen LogP contribution in [0.4, 0.5) is 4.79 Å². The minimum absolute atomic E-state index is 0.603. The van der Waals surface area contributed by atoms with Crippen molar-refractivity contribution in [2.45, 2.75) is 20.3 Å². The summed E-state index contributed by atoms with van der Waals surface area (Å²) in [5.74, 6) is 1.53. The maximum Gasteiger partial charge on any atom is 0.513 e. The van der Waals surface area contributed by atoms with Gasteiger partial charge in [0, 0.05) is 13.1 Å². The van der Waals surface area contributed by atoms with Crippen molar-refractivity contribution < 1.29 is 19.0 Å². The van der Waals surface area contributed by atoms with Gasteiger partial charge in [-0.15, -0.1) is 0 Å². The van der Waals surface area contributed by atoms with E-state index in [1.165, 1.54) is 18.2 Å². The first-order valence-corrected chi connectivity index (χ1v) is 7.45. The maximum absolute atomic E-state index is 11.1. The highest BCUT2D eigenvalue weighted by Crippen LogP contribution is 2.17. The van der Waals surface area contributed by atoms with E-state index in [-0.39, 0.29) is 0 Å². The second kappa shape index (κ2) is 7.84. The summed E-state index contributed by atoms with van der Waals surface area (Å²) in [4.78, 5) is 13.3. The third-order valence-corrected chi connectivity index (χ3v) is 3.73. The summed E-state index contributed by atoms with van der Waals surface area (Å²) in [6.45, 7) is 7.09. The third-order valence-electron chi connectivity index (χ3n) is 3.73. The minimum atomic E-state index is -0.667. The molecule has 1 heterocycles. The number of methoxy groups -OCH3 is 1. The predicted molar refractivity (Wildman–Crippen MR) is 84.0 cm³/mol. The Bertz CT molecular complexity index is 554. The van der Waals surface area contributed by atoms with Gasteiger partial charge in [-0.05, 0) is 49.6 Å². The molecule has 120 valence electrons. The van der Waals surface area contributed by atoms with Gasteiger partial charge in [0.15, 0.2) is 0 Å². The second-order valence-electron chi connectivity index (χ2n) is 5.39. The van der Waals surface area contributed by atoms with Crippen LogP contribution in [0, 0.1) is 13.8 Å². The zero-order valence-corrected chi connectivity index (χ0v) is 13.4. The summed E-state index contributed by atoms with van der Waals surface area (Å²) >= 11 is 0. The normalized spacial score (nSPS) is 15.1. The van der Waals surface area contributed by atoms with Gasteiger partial charge >= 0.3 is 6.16 Å². The molecular weight excluding hydrogens is 282 g/mol. The second-order valence-corrected chi connectivity index (χ2v) is 5.39. The van der Waals surface area contributed by atoms with E-state index >= 15 is 0 Å². The van der Waals surface area contributed by atoms with Gasteiger partial charge in [-0.2, -0.15) is 0 Å². The molecule has 5 nitrogen and oxygen atoms in total. The van der Waals surface area contributed by atoms with Crippen molar-refractivity contribution in [2.75, 3.05) is 33.4 Å². The lowest BCUT2D eigenvalue weighted by atomic mass is 10.1. The number of carbonyl (C=O) groups is 1. The zero-order chi connectivity index (χ0) is 15.9. The van der Waals surface area contributed by atoms with Crippen LogP contribution < -0.4 is 4.74 Å². The van der Waals surface area contributed by atoms with Crippen LogP contribution in [0.2, 0.25) is 0 Å². The van der Waals surface area contributed by atoms with Gasteiger partial charge < -0.3 is 14.2 Å². The molecule has 1 aromatic rings. The zero-order valence-electron chi connectivity index (χ0n) is 13.4. The van der Waals surface area contributed by atoms with Crippen molar-refractivity contribution >= 4 is 6.16 Å². The van der Waals surface area contributed by atoms with Gasteiger partial charge in [0.05, 0.1) is 13.7 Å². The Kier molecular flexibility index (Phi) is 5.83. The summed E-state index contributed by atoms with van der Waals surface area (Å²) in [7, 11) is 1.31. The molecule has 0 radical (unpaired) electrons. The monoisotopic (exact) mass is 305 g/mol. The first-order valence-electron chi connectivity index (χ1n) is 7.45. The molecule has 0 amide bonds. The molecule has 0 saturated heterocycles. The van der Waals surface area contributed by atoms with Gasteiger partial charge in [0.2, 0.25) is 0 Å². The molecule has 0 unspecified atom stereocenters. The van der Waals surface area contributed by atoms with E-state index in [2.05, 4.69) is 35.6 Å². The number of aryl methyl sites for hydroxylation is 2. The smallest absolute Gasteiger partial charge is 0.492 e. The fourth-order valence-electron chi connectivity index (χ4n) is 2.28. The fraction of sp³-hybridized carbons (Fsp3) is 0.471. The average molecular weight is 305 g/mol. The molecular formula is C17H23NO4. The highest BCUT2D eigenvalue weighted by molar-refractivity contribution is 5.61. The van der Waals surface area contributed by atoms with Gasteiger partial charge in [0.25, 0.3) is 0 Å². The molecule has 5 heteroatoms. The highest BCUT2D eigenvalue weighted by Gasteiger charge is 2.16. The van der Waals surface area contributed by atoms with Crippen LogP contribution in [-0.2, 0) is 9.47 Å². The van der Waals surface area contributed by atoms with Crippen molar-refractivity contribution in [2.24, 2.45) is 0 Å². The van der Waals surface area contributed by atoms with E-state index in [1.807, 2.05) is 12.1 Å². The Morgan fingerprint density at radius 3 is 2.82 bits per heavy atom. The van der Waals surface area contributed by atoms with Gasteiger partial charge in [-0.25, -0.2) is 4.79 Å². The molecule has 1 aliphatic heterocycles. The summed E-state index contributed by atoms with van der Waals surface area (Å²) in [6, 6.07) is 6.11. The topological polar surface area (TPSA) is 48.0 Å². The van der Waals surface area contributed by atoms with E-state index in [1.54, 1.807) is 0 Å². The van der Waals surface area contributed by atoms with Crippen LogP contribution in [0.15, 0.2) is 30.0 Å². The molecule has 2 rings (SSSR count). The molecule has 0 aromatic heterocycles. The van der Waals surface area contributed by atoms with Crippen molar-refractivity contribution in [1.82, 2.24) is 4.90 Å². The quantitative estimate of drug-likeness (QED) is 0.783. The molecule has 0 N–H and O–H groups in total.